The van der Waals surface area contributed by atoms with Gasteiger partial charge in [0.05, 0.1) is 22.7 Å². The predicted octanol–water partition coefficient (Wildman–Crippen LogP) is 5.69. The quantitative estimate of drug-likeness (QED) is 0.443. The minimum absolute atomic E-state index is 0.0925. The number of hydrogen-bond acceptors (Lipinski definition) is 2. The van der Waals surface area contributed by atoms with Gasteiger partial charge in [-0.05, 0) is 29.3 Å². The first-order valence-corrected chi connectivity index (χ1v) is 9.27. The summed E-state index contributed by atoms with van der Waals surface area (Å²) in [5.74, 6) is -0.175. The van der Waals surface area contributed by atoms with Crippen LogP contribution in [-0.4, -0.2) is 16.1 Å². The molecule has 1 aromatic heterocycles. The minimum atomic E-state index is -0.890. The lowest BCUT2D eigenvalue weighted by molar-refractivity contribution is -0.136. The van der Waals surface area contributed by atoms with Gasteiger partial charge in [0.15, 0.2) is 0 Å². The van der Waals surface area contributed by atoms with Gasteiger partial charge in [0, 0.05) is 10.9 Å². The van der Waals surface area contributed by atoms with Crippen molar-refractivity contribution in [3.8, 4) is 17.0 Å². The van der Waals surface area contributed by atoms with Crippen LogP contribution in [0, 0.1) is 0 Å². The number of aromatic amines is 1. The van der Waals surface area contributed by atoms with E-state index in [9.17, 15) is 9.90 Å². The van der Waals surface area contributed by atoms with Crippen LogP contribution in [0.25, 0.3) is 22.2 Å². The summed E-state index contributed by atoms with van der Waals surface area (Å²) in [6, 6.07) is 23.1. The molecule has 0 atom stereocenters. The van der Waals surface area contributed by atoms with Crippen molar-refractivity contribution in [3.63, 3.8) is 0 Å². The van der Waals surface area contributed by atoms with Gasteiger partial charge in [0.1, 0.15) is 12.4 Å². The van der Waals surface area contributed by atoms with E-state index in [-0.39, 0.29) is 6.42 Å². The van der Waals surface area contributed by atoms with Crippen LogP contribution in [-0.2, 0) is 17.8 Å². The monoisotopic (exact) mass is 391 g/mol. The molecular weight excluding hydrogens is 374 g/mol. The van der Waals surface area contributed by atoms with Gasteiger partial charge in [-0.15, -0.1) is 0 Å². The Morgan fingerprint density at radius 2 is 1.79 bits per heavy atom. The molecule has 28 heavy (non-hydrogen) atoms. The molecule has 0 radical (unpaired) electrons. The number of rotatable bonds is 6. The van der Waals surface area contributed by atoms with E-state index in [2.05, 4.69) is 4.98 Å². The van der Waals surface area contributed by atoms with Gasteiger partial charge in [-0.2, -0.15) is 0 Å². The Labute approximate surface area is 167 Å². The number of hydrogen-bond donors (Lipinski definition) is 2. The molecule has 0 aliphatic heterocycles. The number of fused-ring (bicyclic) bond motifs is 1. The van der Waals surface area contributed by atoms with Crippen LogP contribution in [0.3, 0.4) is 0 Å². The van der Waals surface area contributed by atoms with Crippen molar-refractivity contribution in [1.29, 1.82) is 0 Å². The fourth-order valence-electron chi connectivity index (χ4n) is 3.30. The molecule has 0 saturated carbocycles. The first kappa shape index (κ1) is 18.1. The van der Waals surface area contributed by atoms with Gasteiger partial charge in [0.25, 0.3) is 0 Å². The van der Waals surface area contributed by atoms with Gasteiger partial charge >= 0.3 is 5.97 Å². The van der Waals surface area contributed by atoms with Crippen molar-refractivity contribution in [2.45, 2.75) is 13.0 Å². The first-order chi connectivity index (χ1) is 13.6. The van der Waals surface area contributed by atoms with Crippen LogP contribution < -0.4 is 4.74 Å². The third-order valence-electron chi connectivity index (χ3n) is 4.59. The molecule has 0 amide bonds. The maximum absolute atomic E-state index is 11.4. The number of aliphatic carboxylic acids is 1. The van der Waals surface area contributed by atoms with Gasteiger partial charge in [-0.3, -0.25) is 4.79 Å². The molecule has 0 bridgehead atoms. The number of carboxylic acid groups (broad SMARTS) is 1. The van der Waals surface area contributed by atoms with Gasteiger partial charge < -0.3 is 14.8 Å². The third-order valence-corrected chi connectivity index (χ3v) is 4.90. The standard InChI is InChI=1S/C23H18ClNO3/c24-20-11-5-10-18-19(13-21(26)27)22(25-23(18)20)16-8-4-9-17(12-16)28-14-15-6-2-1-3-7-15/h1-12,25H,13-14H2,(H,26,27). The lowest BCUT2D eigenvalue weighted by Gasteiger charge is -2.09. The number of ether oxygens (including phenoxy) is 1. The molecule has 5 heteroatoms. The van der Waals surface area contributed by atoms with E-state index in [1.165, 1.54) is 0 Å². The van der Waals surface area contributed by atoms with Crippen LogP contribution in [0.5, 0.6) is 5.75 Å². The molecule has 3 aromatic carbocycles. The molecule has 4 rings (SSSR count). The van der Waals surface area contributed by atoms with Crippen molar-refractivity contribution in [2.75, 3.05) is 0 Å². The Kier molecular flexibility index (Phi) is 5.04. The minimum Gasteiger partial charge on any atom is -0.489 e. The number of para-hydroxylation sites is 1. The molecule has 0 fully saturated rings. The maximum atomic E-state index is 11.4. The molecule has 140 valence electrons. The summed E-state index contributed by atoms with van der Waals surface area (Å²) in [6.07, 6.45) is -0.0925. The number of carbonyl (C=O) groups is 1. The van der Waals surface area contributed by atoms with Crippen molar-refractivity contribution < 1.29 is 14.6 Å². The van der Waals surface area contributed by atoms with Crippen LogP contribution in [0.2, 0.25) is 5.02 Å². The summed E-state index contributed by atoms with van der Waals surface area (Å²) in [6.45, 7) is 0.463. The molecule has 0 saturated heterocycles. The Morgan fingerprint density at radius 3 is 2.57 bits per heavy atom. The summed E-state index contributed by atoms with van der Waals surface area (Å²) in [5.41, 5.74) is 4.14. The lowest BCUT2D eigenvalue weighted by atomic mass is 10.0. The number of aromatic nitrogens is 1. The fraction of sp³-hybridized carbons (Fsp3) is 0.0870. The average molecular weight is 392 g/mol. The van der Waals surface area contributed by atoms with Crippen LogP contribution >= 0.6 is 11.6 Å². The summed E-state index contributed by atoms with van der Waals surface area (Å²) in [7, 11) is 0. The predicted molar refractivity (Wildman–Crippen MR) is 111 cm³/mol. The van der Waals surface area contributed by atoms with E-state index in [4.69, 9.17) is 16.3 Å². The van der Waals surface area contributed by atoms with Gasteiger partial charge in [0.2, 0.25) is 0 Å². The normalized spacial score (nSPS) is 10.9. The number of carboxylic acids is 1. The summed E-state index contributed by atoms with van der Waals surface area (Å²) in [5, 5.41) is 10.8. The van der Waals surface area contributed by atoms with E-state index >= 15 is 0 Å². The Morgan fingerprint density at radius 1 is 1.00 bits per heavy atom. The van der Waals surface area contributed by atoms with E-state index in [0.717, 1.165) is 27.7 Å². The van der Waals surface area contributed by atoms with Crippen molar-refractivity contribution in [2.24, 2.45) is 0 Å². The zero-order valence-electron chi connectivity index (χ0n) is 15.0. The maximum Gasteiger partial charge on any atom is 0.307 e. The first-order valence-electron chi connectivity index (χ1n) is 8.90. The highest BCUT2D eigenvalue weighted by atomic mass is 35.5. The molecule has 0 aliphatic carbocycles. The topological polar surface area (TPSA) is 62.3 Å². The highest BCUT2D eigenvalue weighted by Crippen LogP contribution is 2.35. The SMILES string of the molecule is O=C(O)Cc1c(-c2cccc(OCc3ccccc3)c2)[nH]c2c(Cl)cccc12. The Hall–Kier alpha value is -3.24. The summed E-state index contributed by atoms with van der Waals surface area (Å²) < 4.78 is 5.92. The molecule has 4 aromatic rings. The summed E-state index contributed by atoms with van der Waals surface area (Å²) in [4.78, 5) is 14.7. The second-order valence-corrected chi connectivity index (χ2v) is 6.92. The van der Waals surface area contributed by atoms with Crippen LogP contribution in [0.15, 0.2) is 72.8 Å². The van der Waals surface area contributed by atoms with Gasteiger partial charge in [-0.1, -0.05) is 66.2 Å². The third kappa shape index (κ3) is 3.73. The average Bonchev–Trinajstić information content (AvgIpc) is 3.07. The highest BCUT2D eigenvalue weighted by molar-refractivity contribution is 6.35. The molecule has 0 unspecified atom stereocenters. The number of nitrogens with one attached hydrogen (secondary N) is 1. The largest absolute Gasteiger partial charge is 0.489 e. The molecular formula is C23H18ClNO3. The van der Waals surface area contributed by atoms with Gasteiger partial charge in [-0.25, -0.2) is 0 Å². The number of H-pyrrole nitrogens is 1. The van der Waals surface area contributed by atoms with E-state index in [1.807, 2.05) is 66.7 Å². The smallest absolute Gasteiger partial charge is 0.307 e. The Bertz CT molecular complexity index is 1140. The molecule has 0 aliphatic rings. The fourth-order valence-corrected chi connectivity index (χ4v) is 3.52. The lowest BCUT2D eigenvalue weighted by Crippen LogP contribution is -2.01. The molecule has 1 heterocycles. The van der Waals surface area contributed by atoms with E-state index in [1.54, 1.807) is 6.07 Å². The highest BCUT2D eigenvalue weighted by Gasteiger charge is 2.17. The second kappa shape index (κ2) is 7.79. The molecule has 0 spiro atoms. The van der Waals surface area contributed by atoms with E-state index in [0.29, 0.717) is 22.9 Å². The van der Waals surface area contributed by atoms with E-state index < -0.39 is 5.97 Å². The van der Waals surface area contributed by atoms with Crippen molar-refractivity contribution in [1.82, 2.24) is 4.98 Å². The number of benzene rings is 3. The van der Waals surface area contributed by atoms with Crippen molar-refractivity contribution >= 4 is 28.5 Å². The van der Waals surface area contributed by atoms with Crippen LogP contribution in [0.1, 0.15) is 11.1 Å². The zero-order valence-corrected chi connectivity index (χ0v) is 15.7. The molecule has 2 N–H and O–H groups in total. The Balaban J connectivity index is 1.71. The van der Waals surface area contributed by atoms with Crippen LogP contribution in [0.4, 0.5) is 0 Å². The van der Waals surface area contributed by atoms with Crippen molar-refractivity contribution in [3.05, 3.63) is 88.9 Å². The number of halogens is 1. The molecule has 4 nitrogen and oxygen atoms in total. The second-order valence-electron chi connectivity index (χ2n) is 6.51. The zero-order chi connectivity index (χ0) is 19.5. The summed E-state index contributed by atoms with van der Waals surface area (Å²) >= 11 is 6.31.